The van der Waals surface area contributed by atoms with Gasteiger partial charge in [-0.3, -0.25) is 9.29 Å². The summed E-state index contributed by atoms with van der Waals surface area (Å²) in [5.74, 6) is 0.411. The normalized spacial score (nSPS) is 13.3. The predicted octanol–water partition coefficient (Wildman–Crippen LogP) is 3.55. The first-order valence-corrected chi connectivity index (χ1v) is 13.6. The molecule has 0 amide bonds. The second-order valence-electron chi connectivity index (χ2n) is 8.50. The smallest absolute Gasteiger partial charge is 0.333 e. The van der Waals surface area contributed by atoms with E-state index in [9.17, 15) is 17.2 Å². The zero-order valence-corrected chi connectivity index (χ0v) is 23.1. The predicted molar refractivity (Wildman–Crippen MR) is 140 cm³/mol. The summed E-state index contributed by atoms with van der Waals surface area (Å²) in [5, 5.41) is 10.8. The van der Waals surface area contributed by atoms with E-state index < -0.39 is 27.9 Å². The van der Waals surface area contributed by atoms with Gasteiger partial charge in [0.15, 0.2) is 11.6 Å². The lowest BCUT2D eigenvalue weighted by Gasteiger charge is -2.23. The number of hydrogen-bond acceptors (Lipinski definition) is 10. The molecule has 0 fully saturated rings. The molecule has 0 aliphatic rings. The highest BCUT2D eigenvalue weighted by Crippen LogP contribution is 2.38. The summed E-state index contributed by atoms with van der Waals surface area (Å²) in [5.41, 5.74) is 1.01. The molecule has 3 aromatic heterocycles. The summed E-state index contributed by atoms with van der Waals surface area (Å²) < 4.78 is 74.8. The molecule has 40 heavy (non-hydrogen) atoms. The Morgan fingerprint density at radius 1 is 1.05 bits per heavy atom. The maximum absolute atomic E-state index is 13.7. The molecule has 0 radical (unpaired) electrons. The van der Waals surface area contributed by atoms with E-state index in [4.69, 9.17) is 14.2 Å². The van der Waals surface area contributed by atoms with Crippen molar-refractivity contribution in [2.75, 3.05) is 25.5 Å². The van der Waals surface area contributed by atoms with Crippen molar-refractivity contribution in [2.45, 2.75) is 38.7 Å². The molecule has 1 aromatic carbocycles. The van der Waals surface area contributed by atoms with Crippen LogP contribution in [0.15, 0.2) is 42.9 Å². The largest absolute Gasteiger partial charge is 0.494 e. The quantitative estimate of drug-likeness (QED) is 0.265. The SMILES string of the molecule is CCO[C@H](c1ncc(C)cn1)[C@H](C)S(=O)(=O)Nc1nnc(-c2ccn(C(F)F)n2)n1-c1c(OC)cccc1OC. The van der Waals surface area contributed by atoms with Crippen molar-refractivity contribution in [3.63, 3.8) is 0 Å². The molecule has 3 heterocycles. The molecule has 0 aliphatic heterocycles. The van der Waals surface area contributed by atoms with Gasteiger partial charge in [-0.05, 0) is 44.5 Å². The highest BCUT2D eigenvalue weighted by atomic mass is 32.2. The van der Waals surface area contributed by atoms with Crippen LogP contribution in [-0.4, -0.2) is 69.0 Å². The summed E-state index contributed by atoms with van der Waals surface area (Å²) in [6.45, 7) is 2.28. The number of ether oxygens (including phenoxy) is 3. The van der Waals surface area contributed by atoms with Gasteiger partial charge in [0.05, 0.1) is 14.2 Å². The van der Waals surface area contributed by atoms with Crippen molar-refractivity contribution in [3.05, 3.63) is 54.2 Å². The van der Waals surface area contributed by atoms with Crippen LogP contribution in [-0.2, 0) is 14.8 Å². The number of aromatic nitrogens is 7. The molecule has 1 N–H and O–H groups in total. The zero-order valence-electron chi connectivity index (χ0n) is 22.3. The Labute approximate surface area is 229 Å². The zero-order chi connectivity index (χ0) is 29.0. The second kappa shape index (κ2) is 11.9. The van der Waals surface area contributed by atoms with Gasteiger partial charge in [-0.25, -0.2) is 23.1 Å². The van der Waals surface area contributed by atoms with Gasteiger partial charge in [-0.2, -0.15) is 13.9 Å². The Balaban J connectivity index is 1.84. The third-order valence-corrected chi connectivity index (χ3v) is 7.57. The molecule has 0 spiro atoms. The highest BCUT2D eigenvalue weighted by molar-refractivity contribution is 7.93. The average Bonchev–Trinajstić information content (AvgIpc) is 3.58. The Morgan fingerprint density at radius 2 is 1.70 bits per heavy atom. The highest BCUT2D eigenvalue weighted by Gasteiger charge is 2.35. The van der Waals surface area contributed by atoms with Crippen LogP contribution in [0.25, 0.3) is 17.2 Å². The molecule has 0 bridgehead atoms. The number of alkyl halides is 2. The topological polar surface area (TPSA) is 148 Å². The lowest BCUT2D eigenvalue weighted by Crippen LogP contribution is -2.34. The summed E-state index contributed by atoms with van der Waals surface area (Å²) in [6.07, 6.45) is 3.19. The number of methoxy groups -OCH3 is 2. The van der Waals surface area contributed by atoms with E-state index in [1.54, 1.807) is 37.5 Å². The van der Waals surface area contributed by atoms with Crippen LogP contribution < -0.4 is 14.2 Å². The number of para-hydroxylation sites is 1. The van der Waals surface area contributed by atoms with Gasteiger partial charge in [0.2, 0.25) is 16.0 Å². The van der Waals surface area contributed by atoms with Crippen LogP contribution in [0.2, 0.25) is 0 Å². The molecule has 0 unspecified atom stereocenters. The lowest BCUT2D eigenvalue weighted by atomic mass is 10.2. The standard InChI is InChI=1S/C24H28F2N8O5S/c1-6-39-20(21-27-12-14(2)13-28-21)15(3)40(35,36)32-24-30-29-22(16-10-11-33(31-16)23(25)26)34(24)19-17(37-4)8-7-9-18(19)38-5/h7-13,15,20,23H,6H2,1-5H3,(H,30,32)/t15-,20-/m0/s1. The van der Waals surface area contributed by atoms with Crippen molar-refractivity contribution in [2.24, 2.45) is 0 Å². The van der Waals surface area contributed by atoms with Crippen LogP contribution in [0.1, 0.15) is 37.9 Å². The number of nitrogens with zero attached hydrogens (tertiary/aromatic N) is 7. The monoisotopic (exact) mass is 578 g/mol. The second-order valence-corrected chi connectivity index (χ2v) is 10.5. The van der Waals surface area contributed by atoms with Crippen LogP contribution in [0.5, 0.6) is 11.5 Å². The van der Waals surface area contributed by atoms with Gasteiger partial charge in [0, 0.05) is 25.2 Å². The maximum Gasteiger partial charge on any atom is 0.333 e. The van der Waals surface area contributed by atoms with Crippen molar-refractivity contribution < 1.29 is 31.4 Å². The van der Waals surface area contributed by atoms with E-state index in [0.717, 1.165) is 11.8 Å². The third kappa shape index (κ3) is 5.72. The van der Waals surface area contributed by atoms with Crippen molar-refractivity contribution in [3.8, 4) is 28.7 Å². The van der Waals surface area contributed by atoms with E-state index in [0.29, 0.717) is 4.68 Å². The fraction of sp³-hybridized carbons (Fsp3) is 0.375. The molecule has 2 atom stereocenters. The van der Waals surface area contributed by atoms with Crippen molar-refractivity contribution in [1.82, 2.24) is 34.5 Å². The summed E-state index contributed by atoms with van der Waals surface area (Å²) in [4.78, 5) is 8.49. The van der Waals surface area contributed by atoms with E-state index >= 15 is 0 Å². The van der Waals surface area contributed by atoms with Crippen molar-refractivity contribution >= 4 is 16.0 Å². The molecule has 13 nitrogen and oxygen atoms in total. The third-order valence-electron chi connectivity index (χ3n) is 5.88. The van der Waals surface area contributed by atoms with Crippen LogP contribution in [0.4, 0.5) is 14.7 Å². The van der Waals surface area contributed by atoms with Crippen molar-refractivity contribution in [1.29, 1.82) is 0 Å². The van der Waals surface area contributed by atoms with Gasteiger partial charge >= 0.3 is 6.55 Å². The van der Waals surface area contributed by atoms with E-state index in [1.807, 2.05) is 6.92 Å². The minimum absolute atomic E-state index is 0.000459. The first kappa shape index (κ1) is 28.8. The number of rotatable bonds is 12. The molecule has 4 aromatic rings. The van der Waals surface area contributed by atoms with Gasteiger partial charge in [0.25, 0.3) is 0 Å². The Hall–Kier alpha value is -4.18. The molecule has 0 aliphatic carbocycles. The fourth-order valence-corrected chi connectivity index (χ4v) is 4.98. The number of anilines is 1. The van der Waals surface area contributed by atoms with E-state index in [2.05, 4.69) is 30.0 Å². The van der Waals surface area contributed by atoms with Crippen LogP contribution >= 0.6 is 0 Å². The van der Waals surface area contributed by atoms with Crippen LogP contribution in [0.3, 0.4) is 0 Å². The molecule has 214 valence electrons. The summed E-state index contributed by atoms with van der Waals surface area (Å²) in [7, 11) is -1.42. The number of nitrogens with one attached hydrogen (secondary N) is 1. The van der Waals surface area contributed by atoms with Gasteiger partial charge in [-0.1, -0.05) is 6.07 Å². The Morgan fingerprint density at radius 3 is 2.25 bits per heavy atom. The number of sulfonamides is 1. The average molecular weight is 579 g/mol. The minimum Gasteiger partial charge on any atom is -0.494 e. The first-order valence-electron chi connectivity index (χ1n) is 12.0. The van der Waals surface area contributed by atoms with E-state index in [-0.39, 0.29) is 47.1 Å². The molecular weight excluding hydrogens is 550 g/mol. The summed E-state index contributed by atoms with van der Waals surface area (Å²) in [6, 6.07) is 6.19. The van der Waals surface area contributed by atoms with Gasteiger partial charge in [-0.15, -0.1) is 10.2 Å². The minimum atomic E-state index is -4.25. The first-order chi connectivity index (χ1) is 19.1. The molecule has 4 rings (SSSR count). The summed E-state index contributed by atoms with van der Waals surface area (Å²) >= 11 is 0. The van der Waals surface area contributed by atoms with Gasteiger partial charge in [0.1, 0.15) is 34.2 Å². The van der Waals surface area contributed by atoms with Crippen LogP contribution in [0, 0.1) is 6.92 Å². The van der Waals surface area contributed by atoms with Gasteiger partial charge < -0.3 is 14.2 Å². The number of hydrogen-bond donors (Lipinski definition) is 1. The Bertz CT molecular complexity index is 1540. The lowest BCUT2D eigenvalue weighted by molar-refractivity contribution is 0.0557. The maximum atomic E-state index is 13.7. The number of halogens is 2. The number of aryl methyl sites for hydroxylation is 1. The molecule has 16 heteroatoms. The number of benzene rings is 1. The molecule has 0 saturated heterocycles. The molecule has 0 saturated carbocycles. The fourth-order valence-electron chi connectivity index (χ4n) is 3.88. The Kier molecular flexibility index (Phi) is 8.58. The van der Waals surface area contributed by atoms with E-state index in [1.165, 1.54) is 31.8 Å². The molecular formula is C24H28F2N8O5S.